The van der Waals surface area contributed by atoms with Crippen molar-refractivity contribution in [3.63, 3.8) is 0 Å². The van der Waals surface area contributed by atoms with Gasteiger partial charge in [0.1, 0.15) is 11.4 Å². The Morgan fingerprint density at radius 1 is 1.25 bits per heavy atom. The molecule has 4 rings (SSSR count). The summed E-state index contributed by atoms with van der Waals surface area (Å²) in [6, 6.07) is 5.43. The van der Waals surface area contributed by atoms with E-state index in [2.05, 4.69) is 25.9 Å². The summed E-state index contributed by atoms with van der Waals surface area (Å²) in [7, 11) is 0. The molecule has 2 aliphatic rings. The van der Waals surface area contributed by atoms with Crippen molar-refractivity contribution >= 4 is 35.3 Å². The highest BCUT2D eigenvalue weighted by atomic mass is 16.2. The van der Waals surface area contributed by atoms with E-state index >= 15 is 0 Å². The summed E-state index contributed by atoms with van der Waals surface area (Å²) in [5.41, 5.74) is 15.1. The normalized spacial score (nSPS) is 21.0. The molecular weight excluding hydrogens is 356 g/mol. The van der Waals surface area contributed by atoms with Gasteiger partial charge in [-0.3, -0.25) is 4.79 Å². The van der Waals surface area contributed by atoms with Crippen molar-refractivity contribution in [3.05, 3.63) is 35.0 Å². The Morgan fingerprint density at radius 2 is 2.07 bits per heavy atom. The van der Waals surface area contributed by atoms with E-state index in [9.17, 15) is 4.79 Å². The minimum atomic E-state index is -0.206. The number of aromatic nitrogens is 2. The first-order chi connectivity index (χ1) is 13.5. The summed E-state index contributed by atoms with van der Waals surface area (Å²) in [4.78, 5) is 21.4. The zero-order valence-electron chi connectivity index (χ0n) is 15.5. The average molecular weight is 380 g/mol. The molecule has 1 aliphatic carbocycles. The molecule has 0 saturated heterocycles. The maximum absolute atomic E-state index is 12.3. The molecule has 2 atom stereocenters. The molecular formula is C19H24N8O. The predicted octanol–water partition coefficient (Wildman–Crippen LogP) is 1.73. The zero-order valence-corrected chi connectivity index (χ0v) is 15.5. The lowest BCUT2D eigenvalue weighted by Crippen LogP contribution is -2.43. The van der Waals surface area contributed by atoms with E-state index in [1.54, 1.807) is 18.2 Å². The summed E-state index contributed by atoms with van der Waals surface area (Å²) >= 11 is 0. The third-order valence-corrected chi connectivity index (χ3v) is 5.27. The van der Waals surface area contributed by atoms with Crippen LogP contribution in [0.5, 0.6) is 0 Å². The van der Waals surface area contributed by atoms with E-state index in [0.717, 1.165) is 25.7 Å². The fourth-order valence-electron chi connectivity index (χ4n) is 3.71. The SMILES string of the molecule is N=Cc1ccc(Nc2nc(NC3CCCCC3N)nc3c2C(=O)NC3)cc1N. The Morgan fingerprint density at radius 3 is 2.82 bits per heavy atom. The molecule has 2 heterocycles. The topological polar surface area (TPSA) is 155 Å². The lowest BCUT2D eigenvalue weighted by molar-refractivity contribution is 0.0966. The summed E-state index contributed by atoms with van der Waals surface area (Å²) in [6.45, 7) is 0.367. The van der Waals surface area contributed by atoms with Gasteiger partial charge in [0.25, 0.3) is 5.91 Å². The lowest BCUT2D eigenvalue weighted by Gasteiger charge is -2.29. The second-order valence-electron chi connectivity index (χ2n) is 7.21. The van der Waals surface area contributed by atoms with Crippen LogP contribution in [-0.2, 0) is 6.54 Å². The lowest BCUT2D eigenvalue weighted by atomic mass is 9.91. The van der Waals surface area contributed by atoms with Crippen molar-refractivity contribution in [2.24, 2.45) is 5.73 Å². The quantitative estimate of drug-likeness (QED) is 0.341. The number of nitrogens with zero attached hydrogens (tertiary/aromatic N) is 2. The second kappa shape index (κ2) is 7.43. The van der Waals surface area contributed by atoms with Gasteiger partial charge in [0, 0.05) is 35.2 Å². The number of hydrogen-bond donors (Lipinski definition) is 6. The van der Waals surface area contributed by atoms with Crippen LogP contribution in [0.15, 0.2) is 18.2 Å². The van der Waals surface area contributed by atoms with Crippen molar-refractivity contribution in [2.75, 3.05) is 16.4 Å². The number of fused-ring (bicyclic) bond motifs is 1. The minimum Gasteiger partial charge on any atom is -0.398 e. The molecule has 1 saturated carbocycles. The van der Waals surface area contributed by atoms with Gasteiger partial charge < -0.3 is 32.8 Å². The van der Waals surface area contributed by atoms with Gasteiger partial charge >= 0.3 is 0 Å². The number of rotatable bonds is 5. The van der Waals surface area contributed by atoms with Gasteiger partial charge in [-0.25, -0.2) is 4.98 Å². The van der Waals surface area contributed by atoms with Crippen molar-refractivity contribution in [3.8, 4) is 0 Å². The number of carbonyl (C=O) groups excluding carboxylic acids is 1. The van der Waals surface area contributed by atoms with Gasteiger partial charge in [0.05, 0.1) is 12.2 Å². The van der Waals surface area contributed by atoms with Crippen LogP contribution in [0, 0.1) is 5.41 Å². The highest BCUT2D eigenvalue weighted by Crippen LogP contribution is 2.28. The van der Waals surface area contributed by atoms with Crippen LogP contribution in [0.1, 0.15) is 47.3 Å². The highest BCUT2D eigenvalue weighted by Gasteiger charge is 2.28. The Bertz CT molecular complexity index is 928. The smallest absolute Gasteiger partial charge is 0.257 e. The van der Waals surface area contributed by atoms with Gasteiger partial charge in [-0.1, -0.05) is 12.8 Å². The number of benzene rings is 1. The maximum atomic E-state index is 12.3. The number of nitrogens with two attached hydrogens (primary N) is 2. The van der Waals surface area contributed by atoms with Gasteiger partial charge in [0.15, 0.2) is 0 Å². The van der Waals surface area contributed by atoms with E-state index in [0.29, 0.717) is 46.5 Å². The predicted molar refractivity (Wildman–Crippen MR) is 109 cm³/mol. The number of anilines is 4. The van der Waals surface area contributed by atoms with E-state index in [-0.39, 0.29) is 18.0 Å². The molecule has 0 bridgehead atoms. The van der Waals surface area contributed by atoms with Gasteiger partial charge in [-0.2, -0.15) is 4.98 Å². The van der Waals surface area contributed by atoms with Crippen LogP contribution >= 0.6 is 0 Å². The Kier molecular flexibility index (Phi) is 4.82. The zero-order chi connectivity index (χ0) is 19.7. The molecule has 8 N–H and O–H groups in total. The van der Waals surface area contributed by atoms with Gasteiger partial charge in [-0.15, -0.1) is 0 Å². The van der Waals surface area contributed by atoms with Crippen LogP contribution in [0.25, 0.3) is 0 Å². The van der Waals surface area contributed by atoms with Crippen molar-refractivity contribution in [2.45, 2.75) is 44.3 Å². The Labute approximate surface area is 162 Å². The molecule has 28 heavy (non-hydrogen) atoms. The number of amides is 1. The standard InChI is InChI=1S/C19H24N8O/c20-8-10-5-6-11(7-13(10)22)24-17-16-15(9-23-18(16)28)26-19(27-17)25-14-4-2-1-3-12(14)21/h5-8,12,14,20H,1-4,9,21-22H2,(H,23,28)(H2,24,25,26,27). The van der Waals surface area contributed by atoms with Crippen LogP contribution < -0.4 is 27.4 Å². The fraction of sp³-hybridized carbons (Fsp3) is 0.368. The molecule has 1 aromatic heterocycles. The van der Waals surface area contributed by atoms with Crippen LogP contribution in [-0.4, -0.2) is 34.2 Å². The van der Waals surface area contributed by atoms with Crippen molar-refractivity contribution < 1.29 is 4.79 Å². The molecule has 1 aromatic carbocycles. The molecule has 2 aromatic rings. The Hall–Kier alpha value is -3.20. The van der Waals surface area contributed by atoms with Crippen LogP contribution in [0.2, 0.25) is 0 Å². The van der Waals surface area contributed by atoms with Crippen LogP contribution in [0.4, 0.5) is 23.1 Å². The molecule has 2 unspecified atom stereocenters. The van der Waals surface area contributed by atoms with Gasteiger partial charge in [0.2, 0.25) is 5.95 Å². The fourth-order valence-corrected chi connectivity index (χ4v) is 3.71. The molecule has 9 heteroatoms. The largest absolute Gasteiger partial charge is 0.398 e. The van der Waals surface area contributed by atoms with Crippen molar-refractivity contribution in [1.29, 1.82) is 5.41 Å². The van der Waals surface area contributed by atoms with Crippen molar-refractivity contribution in [1.82, 2.24) is 15.3 Å². The third-order valence-electron chi connectivity index (χ3n) is 5.27. The maximum Gasteiger partial charge on any atom is 0.257 e. The first-order valence-corrected chi connectivity index (χ1v) is 9.43. The molecule has 9 nitrogen and oxygen atoms in total. The first kappa shape index (κ1) is 18.2. The molecule has 1 aliphatic heterocycles. The monoisotopic (exact) mass is 380 g/mol. The van der Waals surface area contributed by atoms with E-state index in [4.69, 9.17) is 16.9 Å². The summed E-state index contributed by atoms with van der Waals surface area (Å²) < 4.78 is 0. The average Bonchev–Trinajstić information content (AvgIpc) is 3.05. The van der Waals surface area contributed by atoms with Crippen LogP contribution in [0.3, 0.4) is 0 Å². The number of hydrogen-bond acceptors (Lipinski definition) is 8. The van der Waals surface area contributed by atoms with E-state index < -0.39 is 0 Å². The number of nitrogens with one attached hydrogen (secondary N) is 4. The number of nitrogen functional groups attached to an aromatic ring is 1. The Balaban J connectivity index is 1.65. The molecule has 0 radical (unpaired) electrons. The summed E-state index contributed by atoms with van der Waals surface area (Å²) in [5, 5.41) is 16.7. The molecule has 1 amide bonds. The summed E-state index contributed by atoms with van der Waals surface area (Å²) in [5.74, 6) is 0.681. The minimum absolute atomic E-state index is 0.0650. The van der Waals surface area contributed by atoms with E-state index in [1.165, 1.54) is 6.21 Å². The first-order valence-electron chi connectivity index (χ1n) is 9.43. The van der Waals surface area contributed by atoms with E-state index in [1.807, 2.05) is 0 Å². The second-order valence-corrected chi connectivity index (χ2v) is 7.21. The highest BCUT2D eigenvalue weighted by molar-refractivity contribution is 6.03. The molecule has 0 spiro atoms. The third kappa shape index (κ3) is 3.48. The van der Waals surface area contributed by atoms with Gasteiger partial charge in [-0.05, 0) is 31.0 Å². The molecule has 146 valence electrons. The number of carbonyl (C=O) groups is 1. The summed E-state index contributed by atoms with van der Waals surface area (Å²) in [6.07, 6.45) is 5.42. The molecule has 1 fully saturated rings.